The van der Waals surface area contributed by atoms with Crippen LogP contribution in [0.2, 0.25) is 0 Å². The molecule has 0 aliphatic rings. The summed E-state index contributed by atoms with van der Waals surface area (Å²) in [5.74, 6) is 1.72. The number of methoxy groups -OCH3 is 1. The van der Waals surface area contributed by atoms with Gasteiger partial charge in [-0.1, -0.05) is 13.8 Å². The molecule has 5 heteroatoms. The lowest BCUT2D eigenvalue weighted by Gasteiger charge is -2.32. The van der Waals surface area contributed by atoms with Crippen molar-refractivity contribution in [1.29, 1.82) is 5.26 Å². The molecule has 0 atom stereocenters. The van der Waals surface area contributed by atoms with Crippen LogP contribution in [0.25, 0.3) is 11.3 Å². The molecule has 5 nitrogen and oxygen atoms in total. The molecule has 0 fully saturated rings. The van der Waals surface area contributed by atoms with Crippen molar-refractivity contribution in [3.05, 3.63) is 34.9 Å². The Morgan fingerprint density at radius 1 is 0.900 bits per heavy atom. The van der Waals surface area contributed by atoms with Crippen molar-refractivity contribution in [3.8, 4) is 23.1 Å². The van der Waals surface area contributed by atoms with E-state index in [4.69, 9.17) is 9.72 Å². The highest BCUT2D eigenvalue weighted by Crippen LogP contribution is 2.40. The maximum absolute atomic E-state index is 9.85. The van der Waals surface area contributed by atoms with Crippen LogP contribution in [0.1, 0.15) is 58.2 Å². The van der Waals surface area contributed by atoms with Crippen molar-refractivity contribution in [3.63, 3.8) is 0 Å². The predicted octanol–water partition coefficient (Wildman–Crippen LogP) is 5.45. The smallest absolute Gasteiger partial charge is 0.134 e. The van der Waals surface area contributed by atoms with E-state index in [1.165, 1.54) is 16.8 Å². The molecule has 0 aliphatic carbocycles. The number of aromatic nitrogens is 1. The van der Waals surface area contributed by atoms with E-state index in [0.29, 0.717) is 11.3 Å². The average Bonchev–Trinajstić information content (AvgIpc) is 2.79. The van der Waals surface area contributed by atoms with Crippen LogP contribution in [-0.4, -0.2) is 38.3 Å². The molecular formula is C25H36N4O. The van der Waals surface area contributed by atoms with Crippen LogP contribution in [-0.2, 0) is 12.8 Å². The normalized spacial score (nSPS) is 10.6. The van der Waals surface area contributed by atoms with Crippen molar-refractivity contribution in [2.75, 3.05) is 43.1 Å². The van der Waals surface area contributed by atoms with Crippen LogP contribution in [0, 0.1) is 11.3 Å². The Kier molecular flexibility index (Phi) is 8.53. The van der Waals surface area contributed by atoms with E-state index in [9.17, 15) is 5.26 Å². The molecule has 2 rings (SSSR count). The summed E-state index contributed by atoms with van der Waals surface area (Å²) in [6, 6.07) is 8.05. The summed E-state index contributed by atoms with van der Waals surface area (Å²) in [5, 5.41) is 9.85. The molecule has 0 saturated carbocycles. The minimum absolute atomic E-state index is 0.594. The molecule has 2 aromatic rings. The summed E-state index contributed by atoms with van der Waals surface area (Å²) < 4.78 is 5.35. The van der Waals surface area contributed by atoms with Gasteiger partial charge in [-0.2, -0.15) is 5.26 Å². The van der Waals surface area contributed by atoms with Gasteiger partial charge in [0, 0.05) is 48.6 Å². The van der Waals surface area contributed by atoms with Crippen molar-refractivity contribution in [1.82, 2.24) is 4.98 Å². The van der Waals surface area contributed by atoms with Gasteiger partial charge in [0.1, 0.15) is 11.6 Å². The van der Waals surface area contributed by atoms with Crippen LogP contribution in [0.4, 0.5) is 11.5 Å². The zero-order valence-corrected chi connectivity index (χ0v) is 19.7. The van der Waals surface area contributed by atoms with Crippen LogP contribution in [0.5, 0.6) is 5.75 Å². The highest BCUT2D eigenvalue weighted by molar-refractivity contribution is 5.81. The molecule has 0 radical (unpaired) electrons. The number of anilines is 2. The van der Waals surface area contributed by atoms with Gasteiger partial charge < -0.3 is 14.5 Å². The van der Waals surface area contributed by atoms with Crippen molar-refractivity contribution in [2.45, 2.75) is 54.4 Å². The zero-order chi connectivity index (χ0) is 22.3. The van der Waals surface area contributed by atoms with Gasteiger partial charge in [-0.15, -0.1) is 0 Å². The SMILES string of the molecule is CCc1c(-c2ccc(OC)cc2C#N)nc(N(CC)CC)c(CC)c1N(CC)CC. The van der Waals surface area contributed by atoms with Gasteiger partial charge in [-0.3, -0.25) is 0 Å². The monoisotopic (exact) mass is 408 g/mol. The Morgan fingerprint density at radius 2 is 1.50 bits per heavy atom. The molecule has 0 N–H and O–H groups in total. The lowest BCUT2D eigenvalue weighted by Crippen LogP contribution is -2.29. The van der Waals surface area contributed by atoms with Crippen LogP contribution >= 0.6 is 0 Å². The molecule has 1 heterocycles. The second kappa shape index (κ2) is 10.9. The Balaban J connectivity index is 2.98. The first-order valence-corrected chi connectivity index (χ1v) is 11.2. The van der Waals surface area contributed by atoms with Gasteiger partial charge in [0.25, 0.3) is 0 Å². The fourth-order valence-corrected chi connectivity index (χ4v) is 4.18. The van der Waals surface area contributed by atoms with Gasteiger partial charge in [0.05, 0.1) is 24.4 Å². The summed E-state index contributed by atoms with van der Waals surface area (Å²) in [5.41, 5.74) is 6.19. The first kappa shape index (κ1) is 23.5. The second-order valence-corrected chi connectivity index (χ2v) is 7.16. The highest BCUT2D eigenvalue weighted by Gasteiger charge is 2.25. The maximum atomic E-state index is 9.85. The molecule has 0 saturated heterocycles. The first-order chi connectivity index (χ1) is 14.5. The van der Waals surface area contributed by atoms with Gasteiger partial charge in [0.2, 0.25) is 0 Å². The molecule has 0 amide bonds. The van der Waals surface area contributed by atoms with E-state index in [0.717, 1.165) is 56.1 Å². The number of hydrogen-bond donors (Lipinski definition) is 0. The second-order valence-electron chi connectivity index (χ2n) is 7.16. The molecule has 30 heavy (non-hydrogen) atoms. The molecular weight excluding hydrogens is 372 g/mol. The molecule has 0 unspecified atom stereocenters. The number of rotatable bonds is 10. The Morgan fingerprint density at radius 3 is 1.97 bits per heavy atom. The summed E-state index contributed by atoms with van der Waals surface area (Å²) in [6.07, 6.45) is 1.78. The van der Waals surface area contributed by atoms with Crippen LogP contribution < -0.4 is 14.5 Å². The number of benzene rings is 1. The topological polar surface area (TPSA) is 52.4 Å². The van der Waals surface area contributed by atoms with Crippen molar-refractivity contribution in [2.24, 2.45) is 0 Å². The minimum Gasteiger partial charge on any atom is -0.497 e. The Hall–Kier alpha value is -2.74. The van der Waals surface area contributed by atoms with E-state index < -0.39 is 0 Å². The lowest BCUT2D eigenvalue weighted by atomic mass is 9.94. The quantitative estimate of drug-likeness (QED) is 0.523. The summed E-state index contributed by atoms with van der Waals surface area (Å²) >= 11 is 0. The number of ether oxygens (including phenoxy) is 1. The standard InChI is InChI=1S/C25H36N4O/c1-8-20-23(22-15-14-19(30-7)16-18(22)17-26)27-25(29(12-5)13-6)21(9-2)24(20)28(10-3)11-4/h14-16H,8-13H2,1-7H3. The molecule has 0 bridgehead atoms. The lowest BCUT2D eigenvalue weighted by molar-refractivity contribution is 0.414. The largest absolute Gasteiger partial charge is 0.497 e. The number of hydrogen-bond acceptors (Lipinski definition) is 5. The van der Waals surface area contributed by atoms with Gasteiger partial charge in [-0.25, -0.2) is 4.98 Å². The van der Waals surface area contributed by atoms with Crippen molar-refractivity contribution < 1.29 is 4.74 Å². The third-order valence-electron chi connectivity index (χ3n) is 5.80. The first-order valence-electron chi connectivity index (χ1n) is 11.2. The van der Waals surface area contributed by atoms with E-state index in [1.807, 2.05) is 12.1 Å². The molecule has 0 spiro atoms. The van der Waals surface area contributed by atoms with E-state index in [-0.39, 0.29) is 0 Å². The van der Waals surface area contributed by atoms with E-state index in [1.54, 1.807) is 13.2 Å². The zero-order valence-electron chi connectivity index (χ0n) is 19.7. The van der Waals surface area contributed by atoms with Gasteiger partial charge in [-0.05, 0) is 58.7 Å². The third-order valence-corrected chi connectivity index (χ3v) is 5.80. The molecule has 1 aromatic heterocycles. The van der Waals surface area contributed by atoms with E-state index >= 15 is 0 Å². The Labute approximate surface area is 182 Å². The molecule has 1 aromatic carbocycles. The third kappa shape index (κ3) is 4.38. The van der Waals surface area contributed by atoms with Crippen molar-refractivity contribution >= 4 is 11.5 Å². The Bertz CT molecular complexity index is 893. The van der Waals surface area contributed by atoms with Crippen LogP contribution in [0.3, 0.4) is 0 Å². The highest BCUT2D eigenvalue weighted by atomic mass is 16.5. The number of nitrogens with zero attached hydrogens (tertiary/aromatic N) is 4. The van der Waals surface area contributed by atoms with Gasteiger partial charge >= 0.3 is 0 Å². The average molecular weight is 409 g/mol. The van der Waals surface area contributed by atoms with Crippen LogP contribution in [0.15, 0.2) is 18.2 Å². The summed E-state index contributed by atoms with van der Waals surface area (Å²) in [6.45, 7) is 16.8. The predicted molar refractivity (Wildman–Crippen MR) is 127 cm³/mol. The molecule has 0 aliphatic heterocycles. The number of pyridine rings is 1. The fraction of sp³-hybridized carbons (Fsp3) is 0.520. The maximum Gasteiger partial charge on any atom is 0.134 e. The summed E-state index contributed by atoms with van der Waals surface area (Å²) in [7, 11) is 1.62. The van der Waals surface area contributed by atoms with Gasteiger partial charge in [0.15, 0.2) is 0 Å². The minimum atomic E-state index is 0.594. The fourth-order valence-electron chi connectivity index (χ4n) is 4.18. The van der Waals surface area contributed by atoms with E-state index in [2.05, 4.69) is 57.4 Å². The number of nitriles is 1. The summed E-state index contributed by atoms with van der Waals surface area (Å²) in [4.78, 5) is 9.97. The molecule has 162 valence electrons.